The van der Waals surface area contributed by atoms with Crippen LogP contribution in [0.4, 0.5) is 0 Å². The lowest BCUT2D eigenvalue weighted by Crippen LogP contribution is -2.50. The summed E-state index contributed by atoms with van der Waals surface area (Å²) in [5.41, 5.74) is 0.919. The van der Waals surface area contributed by atoms with Crippen LogP contribution in [0.5, 0.6) is 0 Å². The predicted molar refractivity (Wildman–Crippen MR) is 145 cm³/mol. The van der Waals surface area contributed by atoms with Gasteiger partial charge in [-0.3, -0.25) is 29.1 Å². The Balaban J connectivity index is 1.64. The molecule has 206 valence electrons. The summed E-state index contributed by atoms with van der Waals surface area (Å²) in [6.45, 7) is 8.57. The van der Waals surface area contributed by atoms with Gasteiger partial charge >= 0.3 is 0 Å². The molecule has 38 heavy (non-hydrogen) atoms. The average Bonchev–Trinajstić information content (AvgIpc) is 2.91. The Morgan fingerprint density at radius 1 is 0.605 bits per heavy atom. The first kappa shape index (κ1) is 30.4. The summed E-state index contributed by atoms with van der Waals surface area (Å²) < 4.78 is 0. The van der Waals surface area contributed by atoms with Crippen LogP contribution in [0.2, 0.25) is 0 Å². The van der Waals surface area contributed by atoms with E-state index in [1.54, 1.807) is 24.3 Å². The van der Waals surface area contributed by atoms with Crippen LogP contribution in [-0.4, -0.2) is 58.8 Å². The van der Waals surface area contributed by atoms with Crippen LogP contribution >= 0.6 is 0 Å². The molecule has 2 aromatic rings. The number of amides is 4. The highest BCUT2D eigenvalue weighted by molar-refractivity contribution is 5.98. The maximum absolute atomic E-state index is 12.6. The fourth-order valence-electron chi connectivity index (χ4n) is 3.77. The number of aromatic nitrogens is 2. The highest BCUT2D eigenvalue weighted by atomic mass is 16.2. The number of hydrogen-bond donors (Lipinski definition) is 4. The molecule has 0 aliphatic heterocycles. The largest absolute Gasteiger partial charge is 0.354 e. The van der Waals surface area contributed by atoms with Crippen LogP contribution < -0.4 is 21.3 Å². The van der Waals surface area contributed by atoms with Crippen molar-refractivity contribution in [2.75, 3.05) is 13.1 Å². The van der Waals surface area contributed by atoms with Gasteiger partial charge in [0.2, 0.25) is 11.8 Å². The van der Waals surface area contributed by atoms with Gasteiger partial charge < -0.3 is 21.3 Å². The van der Waals surface area contributed by atoms with Gasteiger partial charge in [-0.1, -0.05) is 40.5 Å². The highest BCUT2D eigenvalue weighted by Gasteiger charge is 2.25. The molecular formula is C28H40N6O4. The zero-order valence-corrected chi connectivity index (χ0v) is 22.7. The summed E-state index contributed by atoms with van der Waals surface area (Å²) >= 11 is 0. The molecule has 0 radical (unpaired) electrons. The average molecular weight is 525 g/mol. The van der Waals surface area contributed by atoms with Crippen molar-refractivity contribution in [1.29, 1.82) is 0 Å². The number of carbonyl (C=O) groups is 4. The highest BCUT2D eigenvalue weighted by Crippen LogP contribution is 2.07. The Labute approximate surface area is 224 Å². The van der Waals surface area contributed by atoms with Crippen molar-refractivity contribution in [3.8, 4) is 0 Å². The summed E-state index contributed by atoms with van der Waals surface area (Å²) in [6.07, 6.45) is 9.50. The standard InChI is InChI=1S/C28H40N6O4/c1-19(2)23(33-25(35)21-9-15-29-16-10-21)27(37)31-13-7-5-6-8-14-32-28(38)24(20(3)4)34-26(36)22-11-17-30-18-12-22/h9-12,15-20,23-24H,5-8,13-14H2,1-4H3,(H,31,37)(H,32,38)(H,33,35)(H,34,36)/t23-,24+. The Morgan fingerprint density at radius 2 is 0.947 bits per heavy atom. The van der Waals surface area contributed by atoms with Crippen molar-refractivity contribution >= 4 is 23.6 Å². The zero-order chi connectivity index (χ0) is 27.9. The molecule has 0 unspecified atom stereocenters. The number of pyridine rings is 2. The van der Waals surface area contributed by atoms with E-state index in [9.17, 15) is 19.2 Å². The van der Waals surface area contributed by atoms with Gasteiger partial charge in [0.05, 0.1) is 0 Å². The maximum atomic E-state index is 12.6. The van der Waals surface area contributed by atoms with E-state index in [4.69, 9.17) is 0 Å². The molecule has 2 atom stereocenters. The summed E-state index contributed by atoms with van der Waals surface area (Å²) in [6, 6.07) is 5.17. The Morgan fingerprint density at radius 3 is 1.26 bits per heavy atom. The minimum Gasteiger partial charge on any atom is -0.354 e. The van der Waals surface area contributed by atoms with Crippen LogP contribution in [0.3, 0.4) is 0 Å². The molecule has 10 nitrogen and oxygen atoms in total. The van der Waals surface area contributed by atoms with Crippen molar-refractivity contribution < 1.29 is 19.2 Å². The molecule has 2 rings (SSSR count). The minimum atomic E-state index is -0.626. The number of nitrogens with one attached hydrogen (secondary N) is 4. The van der Waals surface area contributed by atoms with Crippen LogP contribution in [0.25, 0.3) is 0 Å². The van der Waals surface area contributed by atoms with E-state index >= 15 is 0 Å². The minimum absolute atomic E-state index is 0.0615. The molecule has 0 saturated heterocycles. The van der Waals surface area contributed by atoms with Gasteiger partial charge in [-0.2, -0.15) is 0 Å². The van der Waals surface area contributed by atoms with Gasteiger partial charge in [-0.25, -0.2) is 0 Å². The van der Waals surface area contributed by atoms with E-state index in [0.717, 1.165) is 25.7 Å². The van der Waals surface area contributed by atoms with Gasteiger partial charge in [0.15, 0.2) is 0 Å². The SMILES string of the molecule is CC(C)[C@H](NC(=O)c1ccncc1)C(=O)NCCCCCCNC(=O)[C@H](NC(=O)c1ccncc1)C(C)C. The van der Waals surface area contributed by atoms with E-state index in [1.807, 2.05) is 27.7 Å². The van der Waals surface area contributed by atoms with Gasteiger partial charge in [-0.05, 0) is 48.9 Å². The first-order valence-corrected chi connectivity index (χ1v) is 13.2. The fourth-order valence-corrected chi connectivity index (χ4v) is 3.77. The van der Waals surface area contributed by atoms with Crippen LogP contribution in [0, 0.1) is 11.8 Å². The summed E-state index contributed by atoms with van der Waals surface area (Å²) in [7, 11) is 0. The second kappa shape index (κ2) is 16.1. The molecule has 0 fully saturated rings. The number of nitrogens with zero attached hydrogens (tertiary/aromatic N) is 2. The molecule has 0 saturated carbocycles. The molecular weight excluding hydrogens is 484 g/mol. The first-order chi connectivity index (χ1) is 18.2. The van der Waals surface area contributed by atoms with Crippen LogP contribution in [0.1, 0.15) is 74.1 Å². The third-order valence-corrected chi connectivity index (χ3v) is 6.06. The van der Waals surface area contributed by atoms with Crippen molar-refractivity contribution in [1.82, 2.24) is 31.2 Å². The summed E-state index contributed by atoms with van der Waals surface area (Å²) in [5.74, 6) is -1.15. The lowest BCUT2D eigenvalue weighted by atomic mass is 10.0. The van der Waals surface area contributed by atoms with Crippen molar-refractivity contribution in [3.05, 3.63) is 60.2 Å². The van der Waals surface area contributed by atoms with Crippen molar-refractivity contribution in [2.45, 2.75) is 65.5 Å². The monoisotopic (exact) mass is 524 g/mol. The van der Waals surface area contributed by atoms with E-state index in [0.29, 0.717) is 24.2 Å². The van der Waals surface area contributed by atoms with Gasteiger partial charge in [0, 0.05) is 49.0 Å². The predicted octanol–water partition coefficient (Wildman–Crippen LogP) is 2.48. The molecule has 0 aromatic carbocycles. The molecule has 4 N–H and O–H groups in total. The zero-order valence-electron chi connectivity index (χ0n) is 22.7. The van der Waals surface area contributed by atoms with Crippen LogP contribution in [0.15, 0.2) is 49.1 Å². The van der Waals surface area contributed by atoms with Gasteiger partial charge in [-0.15, -0.1) is 0 Å². The number of unbranched alkanes of at least 4 members (excludes halogenated alkanes) is 3. The Bertz CT molecular complexity index is 947. The third-order valence-electron chi connectivity index (χ3n) is 6.06. The van der Waals surface area contributed by atoms with Crippen LogP contribution in [-0.2, 0) is 9.59 Å². The quantitative estimate of drug-likeness (QED) is 0.264. The third kappa shape index (κ3) is 10.3. The normalized spacial score (nSPS) is 12.5. The molecule has 4 amide bonds. The number of rotatable bonds is 15. The Kier molecular flexibility index (Phi) is 12.9. The van der Waals surface area contributed by atoms with E-state index in [1.165, 1.54) is 24.8 Å². The van der Waals surface area contributed by atoms with Crippen molar-refractivity contribution in [3.63, 3.8) is 0 Å². The molecule has 0 aliphatic rings. The van der Waals surface area contributed by atoms with Crippen molar-refractivity contribution in [2.24, 2.45) is 11.8 Å². The summed E-state index contributed by atoms with van der Waals surface area (Å²) in [4.78, 5) is 57.9. The smallest absolute Gasteiger partial charge is 0.252 e. The van der Waals surface area contributed by atoms with Gasteiger partial charge in [0.25, 0.3) is 11.8 Å². The second-order valence-electron chi connectivity index (χ2n) is 9.86. The Hall–Kier alpha value is -3.82. The number of hydrogen-bond acceptors (Lipinski definition) is 6. The lowest BCUT2D eigenvalue weighted by Gasteiger charge is -2.22. The number of carbonyl (C=O) groups excluding carboxylic acids is 4. The lowest BCUT2D eigenvalue weighted by molar-refractivity contribution is -0.124. The molecule has 0 spiro atoms. The van der Waals surface area contributed by atoms with E-state index in [-0.39, 0.29) is 35.5 Å². The molecule has 0 bridgehead atoms. The molecule has 0 aliphatic carbocycles. The van der Waals surface area contributed by atoms with E-state index < -0.39 is 12.1 Å². The fraction of sp³-hybridized carbons (Fsp3) is 0.500. The molecule has 2 heterocycles. The first-order valence-electron chi connectivity index (χ1n) is 13.2. The molecule has 10 heteroatoms. The van der Waals surface area contributed by atoms with Gasteiger partial charge in [0.1, 0.15) is 12.1 Å². The maximum Gasteiger partial charge on any atom is 0.252 e. The molecule has 2 aromatic heterocycles. The topological polar surface area (TPSA) is 142 Å². The van der Waals surface area contributed by atoms with E-state index in [2.05, 4.69) is 31.2 Å². The summed E-state index contributed by atoms with van der Waals surface area (Å²) in [5, 5.41) is 11.4. The second-order valence-corrected chi connectivity index (χ2v) is 9.86.